The van der Waals surface area contributed by atoms with Crippen molar-refractivity contribution in [2.45, 2.75) is 12.8 Å². The summed E-state index contributed by atoms with van der Waals surface area (Å²) in [6, 6.07) is 11.8. The smallest absolute Gasteiger partial charge is 0.270 e. The van der Waals surface area contributed by atoms with Gasteiger partial charge < -0.3 is 4.90 Å². The van der Waals surface area contributed by atoms with E-state index in [2.05, 4.69) is 0 Å². The van der Waals surface area contributed by atoms with Crippen molar-refractivity contribution in [3.8, 4) is 6.07 Å². The largest absolute Gasteiger partial charge is 0.370 e. The van der Waals surface area contributed by atoms with E-state index in [4.69, 9.17) is 0 Å². The number of nitriles is 1. The zero-order valence-electron chi connectivity index (χ0n) is 13.9. The number of Topliss-reactive ketones (excluding diaryl/α,β-unsaturated/α-hetero) is 1. The number of hydrogen-bond donors (Lipinski definition) is 0. The molecule has 1 aliphatic heterocycles. The Balaban J connectivity index is 1.70. The topological polar surface area (TPSA) is 87.2 Å². The van der Waals surface area contributed by atoms with Crippen LogP contribution in [0, 0.1) is 33.2 Å². The Morgan fingerprint density at radius 1 is 1.19 bits per heavy atom. The molecule has 0 radical (unpaired) electrons. The number of hydrogen-bond acceptors (Lipinski definition) is 5. The molecule has 1 saturated heterocycles. The normalized spacial score (nSPS) is 14.7. The first kappa shape index (κ1) is 17.5. The summed E-state index contributed by atoms with van der Waals surface area (Å²) in [7, 11) is 0. The number of carbonyl (C=O) groups excluding carboxylic acids is 1. The number of benzene rings is 2. The maximum absolute atomic E-state index is 13.0. The highest BCUT2D eigenvalue weighted by Gasteiger charge is 2.27. The molecule has 2 aromatic carbocycles. The molecule has 2 aromatic rings. The van der Waals surface area contributed by atoms with E-state index in [0.717, 1.165) is 0 Å². The molecule has 1 aliphatic rings. The molecule has 0 N–H and O–H groups in total. The summed E-state index contributed by atoms with van der Waals surface area (Å²) in [6.07, 6.45) is 1.22. The maximum Gasteiger partial charge on any atom is 0.270 e. The minimum atomic E-state index is -0.530. The van der Waals surface area contributed by atoms with Crippen molar-refractivity contribution in [1.29, 1.82) is 5.26 Å². The fourth-order valence-corrected chi connectivity index (χ4v) is 3.24. The van der Waals surface area contributed by atoms with Crippen LogP contribution in [0.15, 0.2) is 42.5 Å². The van der Waals surface area contributed by atoms with Crippen LogP contribution in [0.25, 0.3) is 0 Å². The van der Waals surface area contributed by atoms with E-state index in [1.54, 1.807) is 6.07 Å². The molecule has 0 atom stereocenters. The molecule has 6 nitrogen and oxygen atoms in total. The summed E-state index contributed by atoms with van der Waals surface area (Å²) in [5, 5.41) is 20.1. The first-order chi connectivity index (χ1) is 12.5. The molecule has 1 fully saturated rings. The molecular weight excluding hydrogens is 337 g/mol. The Kier molecular flexibility index (Phi) is 4.94. The summed E-state index contributed by atoms with van der Waals surface area (Å²) in [6.45, 7) is 1.15. The number of nitro benzene ring substituents is 1. The summed E-state index contributed by atoms with van der Waals surface area (Å²) in [4.78, 5) is 24.8. The third-order valence-corrected chi connectivity index (χ3v) is 4.65. The molecule has 0 aromatic heterocycles. The minimum absolute atomic E-state index is 0.00569. The Bertz CT molecular complexity index is 882. The molecule has 0 unspecified atom stereocenters. The Labute approximate surface area is 149 Å². The van der Waals surface area contributed by atoms with Gasteiger partial charge >= 0.3 is 0 Å². The molecule has 0 aliphatic carbocycles. The van der Waals surface area contributed by atoms with Gasteiger partial charge in [0.2, 0.25) is 0 Å². The molecule has 0 spiro atoms. The number of ketones is 1. The van der Waals surface area contributed by atoms with Crippen LogP contribution in [0.5, 0.6) is 0 Å². The minimum Gasteiger partial charge on any atom is -0.370 e. The number of non-ortho nitro benzene ring substituents is 1. The zero-order chi connectivity index (χ0) is 18.7. The maximum atomic E-state index is 13.0. The summed E-state index contributed by atoms with van der Waals surface area (Å²) >= 11 is 0. The average Bonchev–Trinajstić information content (AvgIpc) is 2.67. The van der Waals surface area contributed by atoms with Gasteiger partial charge in [0.25, 0.3) is 5.69 Å². The Morgan fingerprint density at radius 3 is 2.42 bits per heavy atom. The van der Waals surface area contributed by atoms with E-state index >= 15 is 0 Å². The van der Waals surface area contributed by atoms with Crippen LogP contribution >= 0.6 is 0 Å². The van der Waals surface area contributed by atoms with Gasteiger partial charge in [-0.2, -0.15) is 5.26 Å². The van der Waals surface area contributed by atoms with Crippen LogP contribution in [0.2, 0.25) is 0 Å². The van der Waals surface area contributed by atoms with Gasteiger partial charge in [0.15, 0.2) is 5.78 Å². The SMILES string of the molecule is N#Cc1cc([N+](=O)[O-])ccc1N1CCC(C(=O)c2ccc(F)cc2)CC1. The van der Waals surface area contributed by atoms with Crippen LogP contribution in [0.1, 0.15) is 28.8 Å². The van der Waals surface area contributed by atoms with Gasteiger partial charge in [-0.15, -0.1) is 0 Å². The van der Waals surface area contributed by atoms with Crippen molar-refractivity contribution in [1.82, 2.24) is 0 Å². The molecule has 0 amide bonds. The predicted octanol–water partition coefficient (Wildman–Crippen LogP) is 3.70. The molecule has 0 bridgehead atoms. The standard InChI is InChI=1S/C19H16FN3O3/c20-16-3-1-13(2-4-16)19(24)14-7-9-22(10-8-14)18-6-5-17(23(25)26)11-15(18)12-21/h1-6,11,14H,7-10H2. The number of nitrogens with zero attached hydrogens (tertiary/aromatic N) is 3. The fourth-order valence-electron chi connectivity index (χ4n) is 3.24. The van der Waals surface area contributed by atoms with E-state index in [1.807, 2.05) is 11.0 Å². The predicted molar refractivity (Wildman–Crippen MR) is 93.5 cm³/mol. The molecule has 132 valence electrons. The van der Waals surface area contributed by atoms with Crippen molar-refractivity contribution in [3.05, 3.63) is 69.5 Å². The average molecular weight is 353 g/mol. The number of anilines is 1. The van der Waals surface area contributed by atoms with Gasteiger partial charge in [-0.3, -0.25) is 14.9 Å². The summed E-state index contributed by atoms with van der Waals surface area (Å²) in [5.41, 5.74) is 1.28. The van der Waals surface area contributed by atoms with Gasteiger partial charge in [0.1, 0.15) is 11.9 Å². The van der Waals surface area contributed by atoms with Crippen LogP contribution in [-0.4, -0.2) is 23.8 Å². The number of carbonyl (C=O) groups is 1. The number of nitro groups is 1. The van der Waals surface area contributed by atoms with E-state index in [1.165, 1.54) is 36.4 Å². The van der Waals surface area contributed by atoms with E-state index in [9.17, 15) is 24.6 Å². The van der Waals surface area contributed by atoms with E-state index in [-0.39, 0.29) is 28.8 Å². The van der Waals surface area contributed by atoms with Crippen molar-refractivity contribution in [3.63, 3.8) is 0 Å². The molecule has 1 heterocycles. The van der Waals surface area contributed by atoms with Gasteiger partial charge in [-0.05, 0) is 43.2 Å². The zero-order valence-corrected chi connectivity index (χ0v) is 13.9. The first-order valence-corrected chi connectivity index (χ1v) is 8.23. The van der Waals surface area contributed by atoms with E-state index < -0.39 is 4.92 Å². The molecular formula is C19H16FN3O3. The van der Waals surface area contributed by atoms with Crippen LogP contribution in [-0.2, 0) is 0 Å². The number of halogens is 1. The van der Waals surface area contributed by atoms with Crippen LogP contribution in [0.3, 0.4) is 0 Å². The number of piperidine rings is 1. The van der Waals surface area contributed by atoms with Crippen molar-refractivity contribution in [2.24, 2.45) is 5.92 Å². The lowest BCUT2D eigenvalue weighted by Crippen LogP contribution is -2.36. The third-order valence-electron chi connectivity index (χ3n) is 4.65. The second-order valence-electron chi connectivity index (χ2n) is 6.20. The van der Waals surface area contributed by atoms with Gasteiger partial charge in [-0.25, -0.2) is 4.39 Å². The van der Waals surface area contributed by atoms with E-state index in [0.29, 0.717) is 37.2 Å². The van der Waals surface area contributed by atoms with Gasteiger partial charge in [-0.1, -0.05) is 0 Å². The van der Waals surface area contributed by atoms with Crippen molar-refractivity contribution in [2.75, 3.05) is 18.0 Å². The third kappa shape index (κ3) is 3.54. The fraction of sp³-hybridized carbons (Fsp3) is 0.263. The lowest BCUT2D eigenvalue weighted by Gasteiger charge is -2.33. The second kappa shape index (κ2) is 7.31. The summed E-state index contributed by atoms with van der Waals surface area (Å²) < 4.78 is 13.0. The van der Waals surface area contributed by atoms with Crippen LogP contribution < -0.4 is 4.90 Å². The molecule has 26 heavy (non-hydrogen) atoms. The highest BCUT2D eigenvalue weighted by Crippen LogP contribution is 2.30. The monoisotopic (exact) mass is 353 g/mol. The second-order valence-corrected chi connectivity index (χ2v) is 6.20. The molecule has 0 saturated carbocycles. The van der Waals surface area contributed by atoms with Gasteiger partial charge in [0.05, 0.1) is 16.2 Å². The molecule has 7 heteroatoms. The quantitative estimate of drug-likeness (QED) is 0.475. The first-order valence-electron chi connectivity index (χ1n) is 8.23. The highest BCUT2D eigenvalue weighted by atomic mass is 19.1. The Hall–Kier alpha value is -3.27. The lowest BCUT2D eigenvalue weighted by molar-refractivity contribution is -0.384. The lowest BCUT2D eigenvalue weighted by atomic mass is 9.88. The van der Waals surface area contributed by atoms with Gasteiger partial charge in [0, 0.05) is 36.7 Å². The van der Waals surface area contributed by atoms with Crippen molar-refractivity contribution >= 4 is 17.2 Å². The Morgan fingerprint density at radius 2 is 1.85 bits per heavy atom. The van der Waals surface area contributed by atoms with Crippen molar-refractivity contribution < 1.29 is 14.1 Å². The highest BCUT2D eigenvalue weighted by molar-refractivity contribution is 5.98. The van der Waals surface area contributed by atoms with Crippen LogP contribution in [0.4, 0.5) is 15.8 Å². The molecule has 3 rings (SSSR count). The summed E-state index contributed by atoms with van der Waals surface area (Å²) in [5.74, 6) is -0.535. The number of rotatable bonds is 4.